The van der Waals surface area contributed by atoms with Crippen molar-refractivity contribution < 1.29 is 14.7 Å². The molecule has 10 heteroatoms. The van der Waals surface area contributed by atoms with Gasteiger partial charge in [0.2, 0.25) is 0 Å². The molecule has 1 fully saturated rings. The normalized spacial score (nSPS) is 17.0. The standard InChI is InChI=1S/C33H40N6O3S/c1-4-27(26-17-35-36-18-26)34-19-30(40)28(15-23-9-6-5-7-10-23)38-31(41)24-13-21(2)14-25(16-24)33(42)39-12-8-11-29(39)32-37-22(3)20-43-32/h5-7,9-10,13-14,16-18,20,27-30,34,40H,4,8,11-12,15,19H2,1-3H3,(H,35,36)(H,38,41)/t27?,28-,29?,30+/m0/s1. The summed E-state index contributed by atoms with van der Waals surface area (Å²) in [6.45, 7) is 6.87. The predicted octanol–water partition coefficient (Wildman–Crippen LogP) is 4.90. The van der Waals surface area contributed by atoms with Gasteiger partial charge >= 0.3 is 0 Å². The lowest BCUT2D eigenvalue weighted by atomic mass is 9.99. The molecule has 2 unspecified atom stereocenters. The molecule has 226 valence electrons. The summed E-state index contributed by atoms with van der Waals surface area (Å²) >= 11 is 1.59. The number of hydrogen-bond donors (Lipinski definition) is 4. The number of carbonyl (C=O) groups excluding carboxylic acids is 2. The number of amides is 2. The summed E-state index contributed by atoms with van der Waals surface area (Å²) in [7, 11) is 0. The second-order valence-electron chi connectivity index (χ2n) is 11.3. The highest BCUT2D eigenvalue weighted by Gasteiger charge is 2.33. The van der Waals surface area contributed by atoms with E-state index in [2.05, 4.69) is 32.7 Å². The number of nitrogens with one attached hydrogen (secondary N) is 3. The lowest BCUT2D eigenvalue weighted by Crippen LogP contribution is -2.49. The highest BCUT2D eigenvalue weighted by Crippen LogP contribution is 2.35. The molecule has 4 aromatic rings. The lowest BCUT2D eigenvalue weighted by Gasteiger charge is -2.27. The van der Waals surface area contributed by atoms with Crippen LogP contribution in [0.2, 0.25) is 0 Å². The number of aryl methyl sites for hydroxylation is 2. The Bertz CT molecular complexity index is 1510. The quantitative estimate of drug-likeness (QED) is 0.183. The molecule has 5 rings (SSSR count). The molecular weight excluding hydrogens is 560 g/mol. The minimum atomic E-state index is -0.858. The van der Waals surface area contributed by atoms with Crippen LogP contribution in [-0.4, -0.2) is 62.2 Å². The Morgan fingerprint density at radius 1 is 1.16 bits per heavy atom. The van der Waals surface area contributed by atoms with E-state index in [9.17, 15) is 14.7 Å². The molecule has 0 saturated carbocycles. The summed E-state index contributed by atoms with van der Waals surface area (Å²) in [6.07, 6.45) is 5.83. The summed E-state index contributed by atoms with van der Waals surface area (Å²) in [5.74, 6) is -0.420. The van der Waals surface area contributed by atoms with E-state index in [1.54, 1.807) is 29.7 Å². The van der Waals surface area contributed by atoms with Crippen LogP contribution in [0.1, 0.15) is 86.4 Å². The molecule has 0 bridgehead atoms. The van der Waals surface area contributed by atoms with Gasteiger partial charge < -0.3 is 20.6 Å². The summed E-state index contributed by atoms with van der Waals surface area (Å²) in [4.78, 5) is 33.9. The number of aliphatic hydroxyl groups excluding tert-OH is 1. The Kier molecular flexibility index (Phi) is 10.0. The lowest BCUT2D eigenvalue weighted by molar-refractivity contribution is 0.0735. The van der Waals surface area contributed by atoms with Crippen molar-refractivity contribution in [2.24, 2.45) is 0 Å². The zero-order valence-corrected chi connectivity index (χ0v) is 25.7. The molecule has 4 N–H and O–H groups in total. The third kappa shape index (κ3) is 7.57. The van der Waals surface area contributed by atoms with Crippen LogP contribution >= 0.6 is 11.3 Å². The molecule has 2 amide bonds. The second-order valence-corrected chi connectivity index (χ2v) is 12.2. The van der Waals surface area contributed by atoms with Crippen LogP contribution in [-0.2, 0) is 6.42 Å². The van der Waals surface area contributed by atoms with Crippen molar-refractivity contribution in [3.8, 4) is 0 Å². The van der Waals surface area contributed by atoms with Crippen LogP contribution in [0.15, 0.2) is 66.3 Å². The number of hydrogen-bond acceptors (Lipinski definition) is 7. The maximum Gasteiger partial charge on any atom is 0.254 e. The molecule has 1 aliphatic heterocycles. The fraction of sp³-hybridized carbons (Fsp3) is 0.394. The first-order chi connectivity index (χ1) is 20.8. The van der Waals surface area contributed by atoms with Crippen molar-refractivity contribution in [1.29, 1.82) is 0 Å². The summed E-state index contributed by atoms with van der Waals surface area (Å²) in [6, 6.07) is 14.5. The molecule has 0 aliphatic carbocycles. The van der Waals surface area contributed by atoms with E-state index in [0.717, 1.165) is 46.7 Å². The van der Waals surface area contributed by atoms with Gasteiger partial charge in [0.15, 0.2) is 0 Å². The van der Waals surface area contributed by atoms with Crippen molar-refractivity contribution in [3.05, 3.63) is 105 Å². The zero-order valence-electron chi connectivity index (χ0n) is 24.9. The zero-order chi connectivity index (χ0) is 30.3. The first-order valence-corrected chi connectivity index (χ1v) is 15.8. The highest BCUT2D eigenvalue weighted by atomic mass is 32.1. The van der Waals surface area contributed by atoms with Gasteiger partial charge in [0.25, 0.3) is 11.8 Å². The number of aromatic nitrogens is 3. The van der Waals surface area contributed by atoms with Crippen molar-refractivity contribution >= 4 is 23.2 Å². The number of nitrogens with zero attached hydrogens (tertiary/aromatic N) is 3. The number of aliphatic hydroxyl groups is 1. The molecule has 0 radical (unpaired) electrons. The third-order valence-corrected chi connectivity index (χ3v) is 9.07. The Morgan fingerprint density at radius 3 is 2.65 bits per heavy atom. The maximum atomic E-state index is 13.7. The average Bonchev–Trinajstić information content (AvgIpc) is 3.79. The van der Waals surface area contributed by atoms with Gasteiger partial charge in [-0.2, -0.15) is 5.10 Å². The second kappa shape index (κ2) is 14.1. The largest absolute Gasteiger partial charge is 0.390 e. The van der Waals surface area contributed by atoms with Crippen LogP contribution < -0.4 is 10.6 Å². The Labute approximate surface area is 256 Å². The fourth-order valence-electron chi connectivity index (χ4n) is 5.75. The Hall–Kier alpha value is -3.86. The predicted molar refractivity (Wildman–Crippen MR) is 168 cm³/mol. The molecule has 2 aromatic carbocycles. The number of rotatable bonds is 12. The minimum Gasteiger partial charge on any atom is -0.390 e. The van der Waals surface area contributed by atoms with Crippen molar-refractivity contribution in [2.45, 2.75) is 70.7 Å². The van der Waals surface area contributed by atoms with Gasteiger partial charge in [-0.15, -0.1) is 11.3 Å². The van der Waals surface area contributed by atoms with Crippen LogP contribution in [0.5, 0.6) is 0 Å². The van der Waals surface area contributed by atoms with E-state index in [4.69, 9.17) is 0 Å². The first kappa shape index (κ1) is 30.6. The molecule has 4 atom stereocenters. The van der Waals surface area contributed by atoms with Crippen LogP contribution in [0, 0.1) is 13.8 Å². The van der Waals surface area contributed by atoms with E-state index in [-0.39, 0.29) is 30.4 Å². The van der Waals surface area contributed by atoms with Gasteiger partial charge in [0.05, 0.1) is 24.4 Å². The summed E-state index contributed by atoms with van der Waals surface area (Å²) in [5.41, 5.74) is 4.68. The average molecular weight is 601 g/mol. The SMILES string of the molecule is CCC(NC[C@@H](O)[C@H](Cc1ccccc1)NC(=O)c1cc(C)cc(C(=O)N2CCCC2c2nc(C)cs2)c1)c1cn[nH]c1. The van der Waals surface area contributed by atoms with E-state index in [0.29, 0.717) is 24.1 Å². The van der Waals surface area contributed by atoms with E-state index >= 15 is 0 Å². The van der Waals surface area contributed by atoms with Crippen LogP contribution in [0.25, 0.3) is 0 Å². The Balaban J connectivity index is 1.32. The molecule has 1 saturated heterocycles. The number of likely N-dealkylation sites (tertiary alicyclic amines) is 1. The molecule has 43 heavy (non-hydrogen) atoms. The van der Waals surface area contributed by atoms with Gasteiger partial charge in [-0.05, 0) is 68.9 Å². The van der Waals surface area contributed by atoms with E-state index in [1.165, 1.54) is 0 Å². The highest BCUT2D eigenvalue weighted by molar-refractivity contribution is 7.09. The van der Waals surface area contributed by atoms with Crippen molar-refractivity contribution in [3.63, 3.8) is 0 Å². The van der Waals surface area contributed by atoms with Gasteiger partial charge in [0.1, 0.15) is 5.01 Å². The van der Waals surface area contributed by atoms with Crippen LogP contribution in [0.4, 0.5) is 0 Å². The van der Waals surface area contributed by atoms with Crippen molar-refractivity contribution in [1.82, 2.24) is 30.7 Å². The smallest absolute Gasteiger partial charge is 0.254 e. The molecule has 2 aromatic heterocycles. The van der Waals surface area contributed by atoms with E-state index < -0.39 is 12.1 Å². The molecule has 1 aliphatic rings. The van der Waals surface area contributed by atoms with E-state index in [1.807, 2.05) is 66.7 Å². The van der Waals surface area contributed by atoms with Crippen LogP contribution in [0.3, 0.4) is 0 Å². The molecular formula is C33H40N6O3S. The topological polar surface area (TPSA) is 123 Å². The summed E-state index contributed by atoms with van der Waals surface area (Å²) < 4.78 is 0. The Morgan fingerprint density at radius 2 is 1.95 bits per heavy atom. The van der Waals surface area contributed by atoms with Crippen molar-refractivity contribution in [2.75, 3.05) is 13.1 Å². The van der Waals surface area contributed by atoms with Gasteiger partial charge in [-0.3, -0.25) is 14.7 Å². The first-order valence-electron chi connectivity index (χ1n) is 14.9. The number of carbonyl (C=O) groups is 2. The molecule has 9 nitrogen and oxygen atoms in total. The summed E-state index contributed by atoms with van der Waals surface area (Å²) in [5, 5.41) is 27.7. The molecule has 3 heterocycles. The monoisotopic (exact) mass is 600 g/mol. The number of benzene rings is 2. The maximum absolute atomic E-state index is 13.7. The number of thiazole rings is 1. The van der Waals surface area contributed by atoms with Gasteiger partial charge in [-0.1, -0.05) is 37.3 Å². The molecule has 0 spiro atoms. The third-order valence-electron chi connectivity index (χ3n) is 8.00. The van der Waals surface area contributed by atoms with Gasteiger partial charge in [-0.25, -0.2) is 4.98 Å². The fourth-order valence-corrected chi connectivity index (χ4v) is 6.70. The number of aromatic amines is 1. The number of H-pyrrole nitrogens is 1. The van der Waals surface area contributed by atoms with Gasteiger partial charge in [0, 0.05) is 53.1 Å². The minimum absolute atomic E-state index is 0.0227.